The van der Waals surface area contributed by atoms with Gasteiger partial charge >= 0.3 is 12.3 Å². The molecule has 0 aliphatic carbocycles. The van der Waals surface area contributed by atoms with Crippen LogP contribution in [-0.4, -0.2) is 32.0 Å². The number of carboxylic acid groups (broad SMARTS) is 1. The summed E-state index contributed by atoms with van der Waals surface area (Å²) >= 11 is 0. The number of ether oxygens (including phenoxy) is 1. The molecular weight excluding hydrogens is 424 g/mol. The van der Waals surface area contributed by atoms with E-state index < -0.39 is 29.5 Å². The number of hydrogen-bond acceptors (Lipinski definition) is 6. The molecule has 0 bridgehead atoms. The fourth-order valence-electron chi connectivity index (χ4n) is 2.56. The average molecular weight is 438 g/mol. The van der Waals surface area contributed by atoms with E-state index in [1.165, 1.54) is 24.7 Å². The number of anilines is 2. The summed E-state index contributed by atoms with van der Waals surface area (Å²) in [6, 6.07) is 5.51. The van der Waals surface area contributed by atoms with Crippen molar-refractivity contribution in [2.45, 2.75) is 19.2 Å². The minimum Gasteiger partial charge on any atom is -0.481 e. The smallest absolute Gasteiger partial charge is 0.481 e. The first-order valence-electron chi connectivity index (χ1n) is 8.69. The van der Waals surface area contributed by atoms with Crippen LogP contribution in [0.25, 0.3) is 5.82 Å². The van der Waals surface area contributed by atoms with Crippen LogP contribution in [0, 0.1) is 5.82 Å². The lowest BCUT2D eigenvalue weighted by atomic mass is 10.1. The molecule has 3 aromatic rings. The highest BCUT2D eigenvalue weighted by atomic mass is 19.4. The SMILES string of the molecule is O=C(O)CCc1ccc(-n2ccnc(Nc3ccc(OC(F)(F)F)cc3F)c2=O)nc1. The summed E-state index contributed by atoms with van der Waals surface area (Å²) in [7, 11) is 0. The van der Waals surface area contributed by atoms with Gasteiger partial charge in [-0.15, -0.1) is 13.2 Å². The minimum atomic E-state index is -4.97. The molecule has 162 valence electrons. The van der Waals surface area contributed by atoms with Gasteiger partial charge in [0.05, 0.1) is 5.69 Å². The molecule has 12 heteroatoms. The Kier molecular flexibility index (Phi) is 6.18. The largest absolute Gasteiger partial charge is 0.573 e. The van der Waals surface area contributed by atoms with E-state index in [0.717, 1.165) is 16.7 Å². The van der Waals surface area contributed by atoms with E-state index in [4.69, 9.17) is 5.11 Å². The first kappa shape index (κ1) is 21.7. The molecular formula is C19H14F4N4O4. The molecule has 0 fully saturated rings. The summed E-state index contributed by atoms with van der Waals surface area (Å²) in [5.74, 6) is -2.86. The molecule has 2 N–H and O–H groups in total. The number of benzene rings is 1. The Morgan fingerprint density at radius 3 is 2.58 bits per heavy atom. The van der Waals surface area contributed by atoms with Gasteiger partial charge in [0.1, 0.15) is 17.4 Å². The topological polar surface area (TPSA) is 106 Å². The van der Waals surface area contributed by atoms with Crippen LogP contribution in [0.3, 0.4) is 0 Å². The van der Waals surface area contributed by atoms with Gasteiger partial charge in [0.25, 0.3) is 5.56 Å². The Hall–Kier alpha value is -3.96. The molecule has 8 nitrogen and oxygen atoms in total. The molecule has 3 rings (SSSR count). The molecule has 2 aromatic heterocycles. The van der Waals surface area contributed by atoms with E-state index in [0.29, 0.717) is 11.6 Å². The first-order chi connectivity index (χ1) is 14.6. The van der Waals surface area contributed by atoms with Gasteiger partial charge in [0.2, 0.25) is 0 Å². The maximum absolute atomic E-state index is 14.1. The summed E-state index contributed by atoms with van der Waals surface area (Å²) in [4.78, 5) is 31.2. The summed E-state index contributed by atoms with van der Waals surface area (Å²) in [5, 5.41) is 11.2. The van der Waals surface area contributed by atoms with Gasteiger partial charge in [-0.05, 0) is 30.2 Å². The van der Waals surface area contributed by atoms with Crippen LogP contribution in [0.15, 0.2) is 53.7 Å². The number of aryl methyl sites for hydroxylation is 1. The van der Waals surface area contributed by atoms with Crippen LogP contribution in [0.5, 0.6) is 5.75 Å². The van der Waals surface area contributed by atoms with E-state index in [9.17, 15) is 27.2 Å². The third kappa shape index (κ3) is 5.78. The van der Waals surface area contributed by atoms with E-state index in [-0.39, 0.29) is 30.2 Å². The molecule has 0 aliphatic rings. The van der Waals surface area contributed by atoms with Crippen molar-refractivity contribution in [2.24, 2.45) is 0 Å². The van der Waals surface area contributed by atoms with Gasteiger partial charge in [0.15, 0.2) is 5.82 Å². The predicted octanol–water partition coefficient (Wildman–Crippen LogP) is 3.43. The summed E-state index contributed by atoms with van der Waals surface area (Å²) in [6.45, 7) is 0. The quantitative estimate of drug-likeness (QED) is 0.545. The van der Waals surface area contributed by atoms with Crippen molar-refractivity contribution < 1.29 is 32.2 Å². The first-order valence-corrected chi connectivity index (χ1v) is 8.69. The Bertz CT molecular complexity index is 1150. The second-order valence-corrected chi connectivity index (χ2v) is 6.18. The van der Waals surface area contributed by atoms with Crippen molar-refractivity contribution in [2.75, 3.05) is 5.32 Å². The van der Waals surface area contributed by atoms with Crippen LogP contribution in [0.1, 0.15) is 12.0 Å². The lowest BCUT2D eigenvalue weighted by molar-refractivity contribution is -0.274. The number of hydrogen-bond donors (Lipinski definition) is 2. The van der Waals surface area contributed by atoms with Crippen molar-refractivity contribution in [3.8, 4) is 11.6 Å². The average Bonchev–Trinajstić information content (AvgIpc) is 2.69. The van der Waals surface area contributed by atoms with Crippen LogP contribution in [-0.2, 0) is 11.2 Å². The molecule has 0 saturated carbocycles. The molecule has 2 heterocycles. The maximum Gasteiger partial charge on any atom is 0.573 e. The highest BCUT2D eigenvalue weighted by Crippen LogP contribution is 2.27. The zero-order valence-corrected chi connectivity index (χ0v) is 15.6. The number of carboxylic acids is 1. The molecule has 0 atom stereocenters. The Morgan fingerprint density at radius 1 is 1.19 bits per heavy atom. The minimum absolute atomic E-state index is 0.0668. The lowest BCUT2D eigenvalue weighted by Gasteiger charge is -2.12. The van der Waals surface area contributed by atoms with Crippen molar-refractivity contribution in [3.63, 3.8) is 0 Å². The summed E-state index contributed by atoms with van der Waals surface area (Å²) in [5.41, 5.74) is -0.313. The molecule has 0 spiro atoms. The Balaban J connectivity index is 1.81. The van der Waals surface area contributed by atoms with E-state index >= 15 is 0 Å². The number of pyridine rings is 1. The summed E-state index contributed by atoms with van der Waals surface area (Å²) < 4.78 is 55.6. The van der Waals surface area contributed by atoms with E-state index in [1.54, 1.807) is 6.07 Å². The van der Waals surface area contributed by atoms with Crippen molar-refractivity contribution in [1.82, 2.24) is 14.5 Å². The summed E-state index contributed by atoms with van der Waals surface area (Å²) in [6.07, 6.45) is -0.758. The van der Waals surface area contributed by atoms with Crippen LogP contribution < -0.4 is 15.6 Å². The molecule has 0 saturated heterocycles. The van der Waals surface area contributed by atoms with Crippen molar-refractivity contribution >= 4 is 17.5 Å². The molecule has 0 aliphatic heterocycles. The Labute approximate surface area is 171 Å². The van der Waals surface area contributed by atoms with Crippen LogP contribution in [0.4, 0.5) is 29.1 Å². The number of aliphatic carboxylic acids is 1. The fourth-order valence-corrected chi connectivity index (χ4v) is 2.56. The van der Waals surface area contributed by atoms with E-state index in [2.05, 4.69) is 20.0 Å². The van der Waals surface area contributed by atoms with Crippen LogP contribution >= 0.6 is 0 Å². The number of rotatable bonds is 7. The number of carbonyl (C=O) groups is 1. The number of aromatic nitrogens is 3. The number of nitrogens with one attached hydrogen (secondary N) is 1. The standard InChI is InChI=1S/C19H14F4N4O4/c20-13-9-12(31-19(21,22)23)3-4-14(13)26-17-18(30)27(8-7-24-17)15-5-1-11(10-25-15)2-6-16(28)29/h1,3-5,7-10H,2,6H2,(H,24,26)(H,28,29). The monoisotopic (exact) mass is 438 g/mol. The fraction of sp³-hybridized carbons (Fsp3) is 0.158. The van der Waals surface area contributed by atoms with Gasteiger partial charge < -0.3 is 15.2 Å². The van der Waals surface area contributed by atoms with E-state index in [1.807, 2.05) is 0 Å². The normalized spacial score (nSPS) is 11.2. The highest BCUT2D eigenvalue weighted by molar-refractivity contribution is 5.67. The van der Waals surface area contributed by atoms with Crippen molar-refractivity contribution in [1.29, 1.82) is 0 Å². The second-order valence-electron chi connectivity index (χ2n) is 6.18. The molecule has 1 aromatic carbocycles. The molecule has 0 amide bonds. The van der Waals surface area contributed by atoms with Crippen LogP contribution in [0.2, 0.25) is 0 Å². The maximum atomic E-state index is 14.1. The molecule has 0 radical (unpaired) electrons. The third-order valence-corrected chi connectivity index (χ3v) is 3.95. The van der Waals surface area contributed by atoms with Gasteiger partial charge in [-0.2, -0.15) is 0 Å². The number of nitrogens with zero attached hydrogens (tertiary/aromatic N) is 3. The van der Waals surface area contributed by atoms with Gasteiger partial charge in [0, 0.05) is 31.1 Å². The zero-order chi connectivity index (χ0) is 22.6. The lowest BCUT2D eigenvalue weighted by Crippen LogP contribution is -2.22. The molecule has 31 heavy (non-hydrogen) atoms. The van der Waals surface area contributed by atoms with Gasteiger partial charge in [-0.3, -0.25) is 14.2 Å². The third-order valence-electron chi connectivity index (χ3n) is 3.95. The number of alkyl halides is 3. The highest BCUT2D eigenvalue weighted by Gasteiger charge is 2.31. The zero-order valence-electron chi connectivity index (χ0n) is 15.6. The molecule has 0 unspecified atom stereocenters. The van der Waals surface area contributed by atoms with Gasteiger partial charge in [-0.25, -0.2) is 14.4 Å². The number of halogens is 4. The second kappa shape index (κ2) is 8.81. The Morgan fingerprint density at radius 2 is 1.97 bits per heavy atom. The van der Waals surface area contributed by atoms with Gasteiger partial charge in [-0.1, -0.05) is 6.07 Å². The van der Waals surface area contributed by atoms with Crippen molar-refractivity contribution in [3.05, 3.63) is 70.7 Å². The predicted molar refractivity (Wildman–Crippen MR) is 100.0 cm³/mol.